The number of carboxylic acid groups (broad SMARTS) is 1. The third-order valence-corrected chi connectivity index (χ3v) is 4.26. The summed E-state index contributed by atoms with van der Waals surface area (Å²) in [7, 11) is 0. The summed E-state index contributed by atoms with van der Waals surface area (Å²) in [5, 5.41) is 8.96. The molecule has 5 nitrogen and oxygen atoms in total. The zero-order valence-corrected chi connectivity index (χ0v) is 11.0. The molecule has 2 fully saturated rings. The van der Waals surface area contributed by atoms with Crippen LogP contribution in [0.25, 0.3) is 0 Å². The maximum absolute atomic E-state index is 12.3. The normalized spacial score (nSPS) is 29.5. The molecule has 2 atom stereocenters. The van der Waals surface area contributed by atoms with Gasteiger partial charge in [-0.05, 0) is 25.8 Å². The van der Waals surface area contributed by atoms with Crippen molar-refractivity contribution in [2.45, 2.75) is 26.2 Å². The summed E-state index contributed by atoms with van der Waals surface area (Å²) < 4.78 is 0. The van der Waals surface area contributed by atoms with E-state index in [2.05, 4.69) is 11.8 Å². The molecule has 0 radical (unpaired) electrons. The van der Waals surface area contributed by atoms with Crippen LogP contribution in [-0.2, 0) is 9.59 Å². The zero-order chi connectivity index (χ0) is 13.1. The summed E-state index contributed by atoms with van der Waals surface area (Å²) in [6, 6.07) is 0. The van der Waals surface area contributed by atoms with Gasteiger partial charge in [-0.2, -0.15) is 0 Å². The molecule has 1 heterocycles. The van der Waals surface area contributed by atoms with Crippen molar-refractivity contribution in [3.63, 3.8) is 0 Å². The van der Waals surface area contributed by atoms with E-state index in [0.717, 1.165) is 39.1 Å². The van der Waals surface area contributed by atoms with Crippen LogP contribution in [0, 0.1) is 11.8 Å². The Morgan fingerprint density at radius 1 is 1.11 bits per heavy atom. The van der Waals surface area contributed by atoms with Crippen LogP contribution in [-0.4, -0.2) is 59.5 Å². The summed E-state index contributed by atoms with van der Waals surface area (Å²) in [6.07, 6.45) is 1.92. The van der Waals surface area contributed by atoms with E-state index < -0.39 is 5.97 Å². The van der Waals surface area contributed by atoms with Gasteiger partial charge in [0.1, 0.15) is 0 Å². The summed E-state index contributed by atoms with van der Waals surface area (Å²) in [6.45, 7) is 6.63. The van der Waals surface area contributed by atoms with Crippen LogP contribution < -0.4 is 0 Å². The SMILES string of the molecule is CCN1CCN(C(=O)[C@@H]2CC[C@H](C(=O)O)C2)CC1. The number of aliphatic carboxylic acids is 1. The number of carbonyl (C=O) groups excluding carboxylic acids is 1. The van der Waals surface area contributed by atoms with Gasteiger partial charge in [0.2, 0.25) is 5.91 Å². The van der Waals surface area contributed by atoms with Crippen LogP contribution >= 0.6 is 0 Å². The van der Waals surface area contributed by atoms with Crippen molar-refractivity contribution in [3.8, 4) is 0 Å². The fourth-order valence-corrected chi connectivity index (χ4v) is 2.97. The molecule has 0 aromatic carbocycles. The molecule has 0 aromatic heterocycles. The Balaban J connectivity index is 1.84. The van der Waals surface area contributed by atoms with Crippen molar-refractivity contribution in [2.75, 3.05) is 32.7 Å². The number of hydrogen-bond acceptors (Lipinski definition) is 3. The maximum Gasteiger partial charge on any atom is 0.306 e. The second-order valence-corrected chi connectivity index (χ2v) is 5.30. The molecule has 0 spiro atoms. The van der Waals surface area contributed by atoms with Crippen LogP contribution in [0.1, 0.15) is 26.2 Å². The lowest BCUT2D eigenvalue weighted by Gasteiger charge is -2.35. The number of hydrogen-bond donors (Lipinski definition) is 1. The Hall–Kier alpha value is -1.10. The number of nitrogens with zero attached hydrogens (tertiary/aromatic N) is 2. The van der Waals surface area contributed by atoms with Gasteiger partial charge >= 0.3 is 5.97 Å². The standard InChI is InChI=1S/C13H22N2O3/c1-2-14-5-7-15(8-6-14)12(16)10-3-4-11(9-10)13(17)18/h10-11H,2-9H2,1H3,(H,17,18)/t10-,11+/m1/s1. The minimum Gasteiger partial charge on any atom is -0.481 e. The molecule has 0 unspecified atom stereocenters. The molecule has 1 amide bonds. The van der Waals surface area contributed by atoms with Gasteiger partial charge in [-0.15, -0.1) is 0 Å². The molecule has 0 bridgehead atoms. The van der Waals surface area contributed by atoms with E-state index in [9.17, 15) is 9.59 Å². The first-order chi connectivity index (χ1) is 8.61. The first kappa shape index (κ1) is 13.3. The van der Waals surface area contributed by atoms with Gasteiger partial charge < -0.3 is 14.9 Å². The Kier molecular flexibility index (Phi) is 4.22. The molecule has 0 aromatic rings. The van der Waals surface area contributed by atoms with E-state index in [1.807, 2.05) is 4.90 Å². The smallest absolute Gasteiger partial charge is 0.306 e. The van der Waals surface area contributed by atoms with E-state index in [1.54, 1.807) is 0 Å². The van der Waals surface area contributed by atoms with Crippen LogP contribution in [0.15, 0.2) is 0 Å². The molecule has 1 saturated carbocycles. The second kappa shape index (κ2) is 5.69. The molecular weight excluding hydrogens is 232 g/mol. The van der Waals surface area contributed by atoms with Crippen LogP contribution in [0.2, 0.25) is 0 Å². The van der Waals surface area contributed by atoms with Crippen molar-refractivity contribution < 1.29 is 14.7 Å². The van der Waals surface area contributed by atoms with E-state index >= 15 is 0 Å². The van der Waals surface area contributed by atoms with Crippen molar-refractivity contribution in [1.82, 2.24) is 9.80 Å². The predicted molar refractivity (Wildman–Crippen MR) is 67.2 cm³/mol. The number of carbonyl (C=O) groups is 2. The van der Waals surface area contributed by atoms with Gasteiger partial charge in [-0.1, -0.05) is 6.92 Å². The Morgan fingerprint density at radius 2 is 1.72 bits per heavy atom. The fraction of sp³-hybridized carbons (Fsp3) is 0.846. The van der Waals surface area contributed by atoms with Gasteiger partial charge in [0.25, 0.3) is 0 Å². The van der Waals surface area contributed by atoms with Crippen LogP contribution in [0.4, 0.5) is 0 Å². The number of carboxylic acids is 1. The van der Waals surface area contributed by atoms with E-state index in [-0.39, 0.29) is 17.7 Å². The number of piperazine rings is 1. The number of likely N-dealkylation sites (N-methyl/N-ethyl adjacent to an activating group) is 1. The lowest BCUT2D eigenvalue weighted by molar-refractivity contribution is -0.142. The molecule has 1 aliphatic carbocycles. The Bertz CT molecular complexity index is 324. The van der Waals surface area contributed by atoms with Gasteiger partial charge in [0.15, 0.2) is 0 Å². The zero-order valence-electron chi connectivity index (χ0n) is 11.0. The van der Waals surface area contributed by atoms with Gasteiger partial charge in [0, 0.05) is 32.1 Å². The summed E-state index contributed by atoms with van der Waals surface area (Å²) in [4.78, 5) is 27.4. The molecule has 1 N–H and O–H groups in total. The van der Waals surface area contributed by atoms with Crippen molar-refractivity contribution in [3.05, 3.63) is 0 Å². The van der Waals surface area contributed by atoms with Crippen molar-refractivity contribution >= 4 is 11.9 Å². The van der Waals surface area contributed by atoms with Gasteiger partial charge in [-0.25, -0.2) is 0 Å². The van der Waals surface area contributed by atoms with Crippen LogP contribution in [0.3, 0.4) is 0 Å². The quantitative estimate of drug-likeness (QED) is 0.803. The third-order valence-electron chi connectivity index (χ3n) is 4.26. The second-order valence-electron chi connectivity index (χ2n) is 5.30. The highest BCUT2D eigenvalue weighted by Crippen LogP contribution is 2.32. The largest absolute Gasteiger partial charge is 0.481 e. The highest BCUT2D eigenvalue weighted by Gasteiger charge is 2.36. The summed E-state index contributed by atoms with van der Waals surface area (Å²) >= 11 is 0. The van der Waals surface area contributed by atoms with Crippen molar-refractivity contribution in [2.24, 2.45) is 11.8 Å². The first-order valence-corrected chi connectivity index (χ1v) is 6.85. The Labute approximate surface area is 108 Å². The highest BCUT2D eigenvalue weighted by molar-refractivity contribution is 5.81. The minimum atomic E-state index is -0.749. The van der Waals surface area contributed by atoms with E-state index in [1.165, 1.54) is 0 Å². The van der Waals surface area contributed by atoms with Gasteiger partial charge in [0.05, 0.1) is 5.92 Å². The first-order valence-electron chi connectivity index (χ1n) is 6.85. The molecule has 1 saturated heterocycles. The number of amides is 1. The molecule has 5 heteroatoms. The average molecular weight is 254 g/mol. The van der Waals surface area contributed by atoms with Crippen LogP contribution in [0.5, 0.6) is 0 Å². The average Bonchev–Trinajstić information content (AvgIpc) is 2.88. The Morgan fingerprint density at radius 3 is 2.22 bits per heavy atom. The van der Waals surface area contributed by atoms with Gasteiger partial charge in [-0.3, -0.25) is 9.59 Å². The molecule has 102 valence electrons. The molecule has 2 rings (SSSR count). The monoisotopic (exact) mass is 254 g/mol. The fourth-order valence-electron chi connectivity index (χ4n) is 2.97. The maximum atomic E-state index is 12.3. The lowest BCUT2D eigenvalue weighted by atomic mass is 10.0. The predicted octanol–water partition coefficient (Wildman–Crippen LogP) is 0.651. The molecule has 2 aliphatic rings. The highest BCUT2D eigenvalue weighted by atomic mass is 16.4. The molecular formula is C13H22N2O3. The van der Waals surface area contributed by atoms with E-state index in [4.69, 9.17) is 5.11 Å². The topological polar surface area (TPSA) is 60.9 Å². The lowest BCUT2D eigenvalue weighted by Crippen LogP contribution is -2.50. The van der Waals surface area contributed by atoms with E-state index in [0.29, 0.717) is 12.8 Å². The third kappa shape index (κ3) is 2.83. The minimum absolute atomic E-state index is 0.0562. The number of rotatable bonds is 3. The summed E-state index contributed by atoms with van der Waals surface area (Å²) in [5.41, 5.74) is 0. The molecule has 18 heavy (non-hydrogen) atoms. The van der Waals surface area contributed by atoms with Crippen molar-refractivity contribution in [1.29, 1.82) is 0 Å². The summed E-state index contributed by atoms with van der Waals surface area (Å²) in [5.74, 6) is -0.939. The molecule has 1 aliphatic heterocycles.